The van der Waals surface area contributed by atoms with Crippen LogP contribution in [0.4, 0.5) is 0 Å². The van der Waals surface area contributed by atoms with Crippen LogP contribution in [0.3, 0.4) is 0 Å². The number of hydrogen-bond donors (Lipinski definition) is 0. The molecule has 7 heteroatoms. The minimum Gasteiger partial charge on any atom is -0.459 e. The molecule has 0 bridgehead atoms. The van der Waals surface area contributed by atoms with Crippen molar-refractivity contribution in [2.75, 3.05) is 26.2 Å². The fraction of sp³-hybridized carbons (Fsp3) is 0.438. The van der Waals surface area contributed by atoms with Crippen molar-refractivity contribution in [2.45, 2.75) is 19.8 Å². The number of furan rings is 1. The minimum atomic E-state index is -0.129. The molecular weight excluding hydrogens is 298 g/mol. The Morgan fingerprint density at radius 1 is 1.22 bits per heavy atom. The third kappa shape index (κ3) is 3.61. The van der Waals surface area contributed by atoms with Crippen LogP contribution in [0.1, 0.15) is 28.4 Å². The van der Waals surface area contributed by atoms with Gasteiger partial charge in [0.1, 0.15) is 5.76 Å². The smallest absolute Gasteiger partial charge is 0.289 e. The lowest BCUT2D eigenvalue weighted by atomic mass is 10.2. The molecule has 2 aromatic rings. The summed E-state index contributed by atoms with van der Waals surface area (Å²) in [6.07, 6.45) is 2.43. The summed E-state index contributed by atoms with van der Waals surface area (Å²) in [5, 5.41) is 3.79. The molecule has 2 aromatic heterocycles. The summed E-state index contributed by atoms with van der Waals surface area (Å²) in [4.78, 5) is 28.1. The molecule has 3 heterocycles. The zero-order valence-electron chi connectivity index (χ0n) is 13.0. The highest BCUT2D eigenvalue weighted by atomic mass is 16.5. The zero-order valence-corrected chi connectivity index (χ0v) is 13.0. The predicted molar refractivity (Wildman–Crippen MR) is 80.8 cm³/mol. The number of aryl methyl sites for hydroxylation is 1. The quantitative estimate of drug-likeness (QED) is 0.857. The van der Waals surface area contributed by atoms with Crippen molar-refractivity contribution in [1.82, 2.24) is 15.0 Å². The first-order valence-electron chi connectivity index (χ1n) is 7.66. The first-order chi connectivity index (χ1) is 11.1. The van der Waals surface area contributed by atoms with E-state index < -0.39 is 0 Å². The molecule has 1 aliphatic rings. The molecule has 122 valence electrons. The Hall–Kier alpha value is -2.57. The Kier molecular flexibility index (Phi) is 4.45. The third-order valence-corrected chi connectivity index (χ3v) is 3.87. The average Bonchev–Trinajstić information content (AvgIpc) is 3.13. The van der Waals surface area contributed by atoms with E-state index in [2.05, 4.69) is 5.16 Å². The van der Waals surface area contributed by atoms with Crippen LogP contribution in [0.15, 0.2) is 33.4 Å². The molecule has 7 nitrogen and oxygen atoms in total. The van der Waals surface area contributed by atoms with Gasteiger partial charge in [-0.15, -0.1) is 0 Å². The van der Waals surface area contributed by atoms with E-state index in [1.54, 1.807) is 28.0 Å². The van der Waals surface area contributed by atoms with Crippen molar-refractivity contribution >= 4 is 11.8 Å². The Labute approximate surface area is 133 Å². The normalized spacial score (nSPS) is 15.5. The molecule has 0 N–H and O–H groups in total. The third-order valence-electron chi connectivity index (χ3n) is 3.87. The molecule has 23 heavy (non-hydrogen) atoms. The molecule has 0 unspecified atom stereocenters. The highest BCUT2D eigenvalue weighted by Gasteiger charge is 2.24. The van der Waals surface area contributed by atoms with Gasteiger partial charge in [0.25, 0.3) is 5.91 Å². The molecule has 0 atom stereocenters. The summed E-state index contributed by atoms with van der Waals surface area (Å²) < 4.78 is 10.2. The fourth-order valence-electron chi connectivity index (χ4n) is 2.69. The zero-order chi connectivity index (χ0) is 16.2. The van der Waals surface area contributed by atoms with E-state index in [4.69, 9.17) is 8.94 Å². The minimum absolute atomic E-state index is 0.00607. The van der Waals surface area contributed by atoms with Gasteiger partial charge in [0.05, 0.1) is 18.4 Å². The van der Waals surface area contributed by atoms with Gasteiger partial charge in [-0.25, -0.2) is 0 Å². The number of rotatable bonds is 3. The Balaban J connectivity index is 1.57. The SMILES string of the molecule is Cc1cc(CC(=O)N2CCCN(C(=O)c3ccco3)CC2)on1. The topological polar surface area (TPSA) is 79.8 Å². The highest BCUT2D eigenvalue weighted by molar-refractivity contribution is 5.91. The Morgan fingerprint density at radius 3 is 2.70 bits per heavy atom. The van der Waals surface area contributed by atoms with Gasteiger partial charge in [0.15, 0.2) is 5.76 Å². The lowest BCUT2D eigenvalue weighted by Gasteiger charge is -2.21. The van der Waals surface area contributed by atoms with E-state index in [0.29, 0.717) is 37.7 Å². The van der Waals surface area contributed by atoms with Gasteiger partial charge in [-0.05, 0) is 25.5 Å². The van der Waals surface area contributed by atoms with Crippen LogP contribution in [0.5, 0.6) is 0 Å². The van der Waals surface area contributed by atoms with Gasteiger partial charge >= 0.3 is 0 Å². The van der Waals surface area contributed by atoms with E-state index in [1.165, 1.54) is 6.26 Å². The number of carbonyl (C=O) groups excluding carboxylic acids is 2. The van der Waals surface area contributed by atoms with Crippen LogP contribution >= 0.6 is 0 Å². The predicted octanol–water partition coefficient (Wildman–Crippen LogP) is 1.49. The molecule has 0 spiro atoms. The largest absolute Gasteiger partial charge is 0.459 e. The van der Waals surface area contributed by atoms with Crippen molar-refractivity contribution in [1.29, 1.82) is 0 Å². The maximum atomic E-state index is 12.4. The van der Waals surface area contributed by atoms with Crippen molar-refractivity contribution in [3.05, 3.63) is 41.7 Å². The van der Waals surface area contributed by atoms with E-state index >= 15 is 0 Å². The van der Waals surface area contributed by atoms with Crippen molar-refractivity contribution in [3.63, 3.8) is 0 Å². The Bertz CT molecular complexity index is 677. The van der Waals surface area contributed by atoms with Crippen LogP contribution in [0, 0.1) is 6.92 Å². The number of hydrogen-bond acceptors (Lipinski definition) is 5. The summed E-state index contributed by atoms with van der Waals surface area (Å²) in [5.74, 6) is 0.769. The number of aromatic nitrogens is 1. The van der Waals surface area contributed by atoms with E-state index in [9.17, 15) is 9.59 Å². The number of nitrogens with zero attached hydrogens (tertiary/aromatic N) is 3. The molecule has 3 rings (SSSR count). The standard InChI is InChI=1S/C16H19N3O4/c1-12-10-13(23-17-12)11-15(20)18-5-3-6-19(8-7-18)16(21)14-4-2-9-22-14/h2,4,9-10H,3,5-8,11H2,1H3. The van der Waals surface area contributed by atoms with Gasteiger partial charge in [0, 0.05) is 32.2 Å². The molecule has 1 saturated heterocycles. The van der Waals surface area contributed by atoms with Crippen molar-refractivity contribution in [3.8, 4) is 0 Å². The lowest BCUT2D eigenvalue weighted by molar-refractivity contribution is -0.130. The molecule has 0 saturated carbocycles. The lowest BCUT2D eigenvalue weighted by Crippen LogP contribution is -2.37. The summed E-state index contributed by atoms with van der Waals surface area (Å²) in [7, 11) is 0. The maximum absolute atomic E-state index is 12.4. The van der Waals surface area contributed by atoms with Crippen molar-refractivity contribution in [2.24, 2.45) is 0 Å². The van der Waals surface area contributed by atoms with E-state index in [1.807, 2.05) is 6.92 Å². The van der Waals surface area contributed by atoms with Gasteiger partial charge in [0.2, 0.25) is 5.91 Å². The molecule has 0 radical (unpaired) electrons. The first-order valence-corrected chi connectivity index (χ1v) is 7.66. The van der Waals surface area contributed by atoms with Crippen LogP contribution in [-0.2, 0) is 11.2 Å². The van der Waals surface area contributed by atoms with Crippen LogP contribution in [0.2, 0.25) is 0 Å². The van der Waals surface area contributed by atoms with Crippen LogP contribution < -0.4 is 0 Å². The Morgan fingerprint density at radius 2 is 2.00 bits per heavy atom. The maximum Gasteiger partial charge on any atom is 0.289 e. The molecule has 0 aliphatic carbocycles. The second-order valence-electron chi connectivity index (χ2n) is 5.62. The second-order valence-corrected chi connectivity index (χ2v) is 5.62. The highest BCUT2D eigenvalue weighted by Crippen LogP contribution is 2.12. The summed E-state index contributed by atoms with van der Waals surface area (Å²) in [6.45, 7) is 4.08. The number of carbonyl (C=O) groups is 2. The molecule has 0 aromatic carbocycles. The average molecular weight is 317 g/mol. The van der Waals surface area contributed by atoms with Gasteiger partial charge in [-0.3, -0.25) is 9.59 Å². The van der Waals surface area contributed by atoms with Crippen LogP contribution in [-0.4, -0.2) is 52.9 Å². The summed E-state index contributed by atoms with van der Waals surface area (Å²) >= 11 is 0. The molecule has 1 aliphatic heterocycles. The first kappa shape index (κ1) is 15.3. The van der Waals surface area contributed by atoms with Gasteiger partial charge in [-0.2, -0.15) is 0 Å². The fourth-order valence-corrected chi connectivity index (χ4v) is 2.69. The van der Waals surface area contributed by atoms with Gasteiger partial charge < -0.3 is 18.7 Å². The van der Waals surface area contributed by atoms with Gasteiger partial charge in [-0.1, -0.05) is 5.16 Å². The summed E-state index contributed by atoms with van der Waals surface area (Å²) in [5.41, 5.74) is 0.763. The molecule has 1 fully saturated rings. The summed E-state index contributed by atoms with van der Waals surface area (Å²) in [6, 6.07) is 5.12. The van der Waals surface area contributed by atoms with Crippen molar-refractivity contribution < 1.29 is 18.5 Å². The number of amides is 2. The molecule has 2 amide bonds. The van der Waals surface area contributed by atoms with E-state index in [-0.39, 0.29) is 18.2 Å². The molecular formula is C16H19N3O4. The van der Waals surface area contributed by atoms with Crippen LogP contribution in [0.25, 0.3) is 0 Å². The van der Waals surface area contributed by atoms with E-state index in [0.717, 1.165) is 12.1 Å². The monoisotopic (exact) mass is 317 g/mol. The second kappa shape index (κ2) is 6.68.